The number of carbonyl (C=O) groups excluding carboxylic acids is 1. The first-order valence-electron chi connectivity index (χ1n) is 9.70. The molecule has 1 atom stereocenters. The Morgan fingerprint density at radius 2 is 2.14 bits per heavy atom. The number of piperidine rings is 1. The maximum Gasteiger partial charge on any atom is 0.256 e. The molecule has 1 fully saturated rings. The zero-order valence-corrected chi connectivity index (χ0v) is 16.6. The first kappa shape index (κ1) is 17.9. The SMILES string of the molecule is O=C(c1cnc2c(c1)ncn2Cc1cccnc1)N1CCCCC1c1nccs1. The average Bonchev–Trinajstić information content (AvgIpc) is 3.44. The molecule has 5 heterocycles. The van der Waals surface area contributed by atoms with E-state index < -0.39 is 0 Å². The summed E-state index contributed by atoms with van der Waals surface area (Å²) in [7, 11) is 0. The normalized spacial score (nSPS) is 17.0. The van der Waals surface area contributed by atoms with Crippen molar-refractivity contribution in [1.29, 1.82) is 0 Å². The third-order valence-corrected chi connectivity index (χ3v) is 6.16. The second kappa shape index (κ2) is 7.71. The third kappa shape index (κ3) is 3.51. The molecule has 1 unspecified atom stereocenters. The van der Waals surface area contributed by atoms with Gasteiger partial charge in [-0.3, -0.25) is 9.78 Å². The molecule has 29 heavy (non-hydrogen) atoms. The van der Waals surface area contributed by atoms with Crippen molar-refractivity contribution in [3.8, 4) is 0 Å². The zero-order chi connectivity index (χ0) is 19.6. The number of thiazole rings is 1. The molecule has 8 heteroatoms. The molecule has 7 nitrogen and oxygen atoms in total. The molecule has 0 saturated carbocycles. The van der Waals surface area contributed by atoms with Gasteiger partial charge in [-0.1, -0.05) is 6.07 Å². The summed E-state index contributed by atoms with van der Waals surface area (Å²) in [6, 6.07) is 5.83. The second-order valence-corrected chi connectivity index (χ2v) is 8.11. The third-order valence-electron chi connectivity index (χ3n) is 5.28. The van der Waals surface area contributed by atoms with Crippen molar-refractivity contribution in [2.24, 2.45) is 0 Å². The van der Waals surface area contributed by atoms with Gasteiger partial charge in [-0.15, -0.1) is 11.3 Å². The summed E-state index contributed by atoms with van der Waals surface area (Å²) in [6.45, 7) is 1.39. The minimum Gasteiger partial charge on any atom is -0.329 e. The fourth-order valence-electron chi connectivity index (χ4n) is 3.87. The highest BCUT2D eigenvalue weighted by atomic mass is 32.1. The molecule has 146 valence electrons. The van der Waals surface area contributed by atoms with E-state index >= 15 is 0 Å². The fraction of sp³-hybridized carbons (Fsp3) is 0.286. The number of hydrogen-bond donors (Lipinski definition) is 0. The largest absolute Gasteiger partial charge is 0.329 e. The Bertz CT molecular complexity index is 1120. The second-order valence-electron chi connectivity index (χ2n) is 7.18. The molecule has 4 aromatic heterocycles. The smallest absolute Gasteiger partial charge is 0.256 e. The van der Waals surface area contributed by atoms with E-state index in [1.165, 1.54) is 0 Å². The van der Waals surface area contributed by atoms with E-state index in [1.807, 2.05) is 39.2 Å². The van der Waals surface area contributed by atoms with Gasteiger partial charge in [0.1, 0.15) is 10.5 Å². The summed E-state index contributed by atoms with van der Waals surface area (Å²) in [4.78, 5) is 32.8. The maximum absolute atomic E-state index is 13.3. The Morgan fingerprint density at radius 3 is 2.97 bits per heavy atom. The Hall–Kier alpha value is -3.13. The number of fused-ring (bicyclic) bond motifs is 1. The van der Waals surface area contributed by atoms with E-state index in [0.717, 1.165) is 47.5 Å². The number of rotatable bonds is 4. The van der Waals surface area contributed by atoms with E-state index in [1.54, 1.807) is 36.3 Å². The lowest BCUT2D eigenvalue weighted by Crippen LogP contribution is -2.38. The molecule has 0 N–H and O–H groups in total. The average molecular weight is 404 g/mol. The maximum atomic E-state index is 13.3. The quantitative estimate of drug-likeness (QED) is 0.518. The Labute approximate surface area is 172 Å². The van der Waals surface area contributed by atoms with Crippen LogP contribution < -0.4 is 0 Å². The molecule has 4 aromatic rings. The van der Waals surface area contributed by atoms with Crippen LogP contribution in [0.15, 0.2) is 54.7 Å². The lowest BCUT2D eigenvalue weighted by molar-refractivity contribution is 0.0611. The minimum atomic E-state index is 0.00103. The molecule has 0 bridgehead atoms. The number of imidazole rings is 1. The van der Waals surface area contributed by atoms with Gasteiger partial charge in [0.2, 0.25) is 0 Å². The lowest BCUT2D eigenvalue weighted by atomic mass is 10.0. The summed E-state index contributed by atoms with van der Waals surface area (Å²) in [6.07, 6.45) is 11.9. The zero-order valence-electron chi connectivity index (χ0n) is 15.8. The van der Waals surface area contributed by atoms with Gasteiger partial charge in [0.15, 0.2) is 5.65 Å². The van der Waals surface area contributed by atoms with Crippen molar-refractivity contribution in [2.75, 3.05) is 6.54 Å². The highest BCUT2D eigenvalue weighted by Crippen LogP contribution is 2.33. The number of aromatic nitrogens is 5. The first-order chi connectivity index (χ1) is 14.3. The molecule has 0 spiro atoms. The van der Waals surface area contributed by atoms with Crippen molar-refractivity contribution in [1.82, 2.24) is 29.4 Å². The molecule has 1 aliphatic heterocycles. The van der Waals surface area contributed by atoms with Crippen molar-refractivity contribution in [3.05, 3.63) is 70.8 Å². The van der Waals surface area contributed by atoms with Crippen LogP contribution >= 0.6 is 11.3 Å². The highest BCUT2D eigenvalue weighted by molar-refractivity contribution is 7.09. The summed E-state index contributed by atoms with van der Waals surface area (Å²) in [5, 5.41) is 2.97. The van der Waals surface area contributed by atoms with E-state index in [0.29, 0.717) is 12.1 Å². The molecule has 1 amide bonds. The molecule has 0 aromatic carbocycles. The van der Waals surface area contributed by atoms with Gasteiger partial charge in [0.25, 0.3) is 5.91 Å². The summed E-state index contributed by atoms with van der Waals surface area (Å²) < 4.78 is 1.97. The van der Waals surface area contributed by atoms with Crippen LogP contribution in [0.1, 0.15) is 46.2 Å². The molecular formula is C21H20N6OS. The van der Waals surface area contributed by atoms with Crippen molar-refractivity contribution in [3.63, 3.8) is 0 Å². The monoisotopic (exact) mass is 404 g/mol. The number of pyridine rings is 2. The lowest BCUT2D eigenvalue weighted by Gasteiger charge is -2.34. The van der Waals surface area contributed by atoms with Crippen LogP contribution in [-0.2, 0) is 6.54 Å². The van der Waals surface area contributed by atoms with Gasteiger partial charge in [0, 0.05) is 36.7 Å². The molecule has 0 aliphatic carbocycles. The first-order valence-corrected chi connectivity index (χ1v) is 10.6. The van der Waals surface area contributed by atoms with Crippen molar-refractivity contribution in [2.45, 2.75) is 31.8 Å². The standard InChI is InChI=1S/C21H20N6OS/c28-21(27-8-2-1-5-18(27)20-23-7-9-29-20)16-10-17-19(24-12-16)26(14-25-17)13-15-4-3-6-22-11-15/h3-4,6-7,9-12,14,18H,1-2,5,8,13H2. The van der Waals surface area contributed by atoms with Crippen LogP contribution in [0.25, 0.3) is 11.2 Å². The molecule has 1 saturated heterocycles. The van der Waals surface area contributed by atoms with Crippen molar-refractivity contribution < 1.29 is 4.79 Å². The van der Waals surface area contributed by atoms with Crippen molar-refractivity contribution >= 4 is 28.4 Å². The number of nitrogens with zero attached hydrogens (tertiary/aromatic N) is 6. The van der Waals surface area contributed by atoms with Crippen LogP contribution in [-0.4, -0.2) is 41.9 Å². The minimum absolute atomic E-state index is 0.00103. The molecule has 0 radical (unpaired) electrons. The van der Waals surface area contributed by atoms with Gasteiger partial charge in [0.05, 0.1) is 24.5 Å². The predicted molar refractivity (Wildman–Crippen MR) is 111 cm³/mol. The fourth-order valence-corrected chi connectivity index (χ4v) is 4.65. The number of likely N-dealkylation sites (tertiary alicyclic amines) is 1. The van der Waals surface area contributed by atoms with Crippen LogP contribution in [0.4, 0.5) is 0 Å². The molecule has 1 aliphatic rings. The summed E-state index contributed by atoms with van der Waals surface area (Å²) in [5.41, 5.74) is 3.14. The predicted octanol–water partition coefficient (Wildman–Crippen LogP) is 3.70. The van der Waals surface area contributed by atoms with E-state index in [-0.39, 0.29) is 11.9 Å². The Balaban J connectivity index is 1.42. The number of amides is 1. The summed E-state index contributed by atoms with van der Waals surface area (Å²) in [5.74, 6) is 0.00103. The van der Waals surface area contributed by atoms with E-state index in [2.05, 4.69) is 19.9 Å². The van der Waals surface area contributed by atoms with Crippen LogP contribution in [0, 0.1) is 0 Å². The van der Waals surface area contributed by atoms with Crippen LogP contribution in [0.2, 0.25) is 0 Å². The molecule has 5 rings (SSSR count). The van der Waals surface area contributed by atoms with E-state index in [9.17, 15) is 4.79 Å². The topological polar surface area (TPSA) is 76.8 Å². The van der Waals surface area contributed by atoms with Gasteiger partial charge in [-0.2, -0.15) is 0 Å². The number of hydrogen-bond acceptors (Lipinski definition) is 6. The highest BCUT2D eigenvalue weighted by Gasteiger charge is 2.30. The van der Waals surface area contributed by atoms with Crippen LogP contribution in [0.5, 0.6) is 0 Å². The van der Waals surface area contributed by atoms with E-state index in [4.69, 9.17) is 0 Å². The number of carbonyl (C=O) groups is 1. The Kier molecular flexibility index (Phi) is 4.77. The van der Waals surface area contributed by atoms with Gasteiger partial charge in [-0.25, -0.2) is 15.0 Å². The van der Waals surface area contributed by atoms with Gasteiger partial charge >= 0.3 is 0 Å². The van der Waals surface area contributed by atoms with Gasteiger partial charge < -0.3 is 9.47 Å². The Morgan fingerprint density at radius 1 is 1.17 bits per heavy atom. The summed E-state index contributed by atoms with van der Waals surface area (Å²) >= 11 is 1.61. The van der Waals surface area contributed by atoms with Crippen LogP contribution in [0.3, 0.4) is 0 Å². The van der Waals surface area contributed by atoms with Gasteiger partial charge in [-0.05, 0) is 37.0 Å². The molecular weight excluding hydrogens is 384 g/mol.